The summed E-state index contributed by atoms with van der Waals surface area (Å²) in [5, 5.41) is 0.515. The van der Waals surface area contributed by atoms with Crippen LogP contribution in [0.4, 0.5) is 4.39 Å². The van der Waals surface area contributed by atoms with Crippen molar-refractivity contribution in [1.82, 2.24) is 9.88 Å². The van der Waals surface area contributed by atoms with Gasteiger partial charge >= 0.3 is 0 Å². The molecule has 1 aromatic heterocycles. The minimum atomic E-state index is -0.554. The zero-order valence-corrected chi connectivity index (χ0v) is 10.5. The minimum Gasteiger partial charge on any atom is -0.337 e. The highest BCUT2D eigenvalue weighted by Gasteiger charge is 2.23. The number of aromatic nitrogens is 1. The molecule has 1 aliphatic heterocycles. The summed E-state index contributed by atoms with van der Waals surface area (Å²) in [6.45, 7) is 3.67. The van der Waals surface area contributed by atoms with Crippen LogP contribution < -0.4 is 0 Å². The fraction of sp³-hybridized carbons (Fsp3) is 0.500. The molecule has 2 rings (SSSR count). The van der Waals surface area contributed by atoms with E-state index in [1.165, 1.54) is 18.3 Å². The molecular formula is C12H15FN2OS. The van der Waals surface area contributed by atoms with E-state index in [1.54, 1.807) is 0 Å². The highest BCUT2D eigenvalue weighted by Crippen LogP contribution is 2.22. The van der Waals surface area contributed by atoms with Gasteiger partial charge in [-0.25, -0.2) is 4.98 Å². The molecule has 1 unspecified atom stereocenters. The smallest absolute Gasteiger partial charge is 0.255 e. The molecule has 1 saturated heterocycles. The second-order valence-electron chi connectivity index (χ2n) is 4.02. The van der Waals surface area contributed by atoms with E-state index in [1.807, 2.05) is 16.7 Å². The van der Waals surface area contributed by atoms with Crippen molar-refractivity contribution < 1.29 is 9.18 Å². The predicted molar refractivity (Wildman–Crippen MR) is 66.6 cm³/mol. The number of hydrogen-bond acceptors (Lipinski definition) is 3. The van der Waals surface area contributed by atoms with Crippen molar-refractivity contribution in [2.24, 2.45) is 0 Å². The number of nitrogens with zero attached hydrogens (tertiary/aromatic N) is 2. The molecule has 1 amide bonds. The number of amides is 1. The van der Waals surface area contributed by atoms with Gasteiger partial charge in [-0.3, -0.25) is 4.79 Å². The highest BCUT2D eigenvalue weighted by atomic mass is 32.2. The summed E-state index contributed by atoms with van der Waals surface area (Å²) < 4.78 is 12.7. The van der Waals surface area contributed by atoms with Gasteiger partial charge < -0.3 is 4.90 Å². The molecule has 0 spiro atoms. The SMILES string of the molecule is CCC1CN(C(=O)c2ccc(F)nc2)CCS1. The van der Waals surface area contributed by atoms with Crippen molar-refractivity contribution in [1.29, 1.82) is 0 Å². The highest BCUT2D eigenvalue weighted by molar-refractivity contribution is 8.00. The maximum atomic E-state index is 12.7. The van der Waals surface area contributed by atoms with Gasteiger partial charge in [0.25, 0.3) is 5.91 Å². The van der Waals surface area contributed by atoms with Crippen LogP contribution in [0, 0.1) is 5.95 Å². The van der Waals surface area contributed by atoms with Gasteiger partial charge in [-0.2, -0.15) is 16.2 Å². The monoisotopic (exact) mass is 254 g/mol. The van der Waals surface area contributed by atoms with E-state index >= 15 is 0 Å². The lowest BCUT2D eigenvalue weighted by molar-refractivity contribution is 0.0760. The third kappa shape index (κ3) is 2.97. The lowest BCUT2D eigenvalue weighted by atomic mass is 10.2. The van der Waals surface area contributed by atoms with Crippen molar-refractivity contribution in [3.8, 4) is 0 Å². The molecule has 1 fully saturated rings. The Morgan fingerprint density at radius 3 is 3.12 bits per heavy atom. The summed E-state index contributed by atoms with van der Waals surface area (Å²) in [6.07, 6.45) is 2.37. The first-order valence-electron chi connectivity index (χ1n) is 5.73. The number of carbonyl (C=O) groups excluding carboxylic acids is 1. The van der Waals surface area contributed by atoms with Crippen LogP contribution in [0.3, 0.4) is 0 Å². The first kappa shape index (κ1) is 12.4. The van der Waals surface area contributed by atoms with Crippen molar-refractivity contribution in [2.75, 3.05) is 18.8 Å². The van der Waals surface area contributed by atoms with Gasteiger partial charge in [-0.1, -0.05) is 6.92 Å². The largest absolute Gasteiger partial charge is 0.337 e. The van der Waals surface area contributed by atoms with Crippen LogP contribution in [0.5, 0.6) is 0 Å². The van der Waals surface area contributed by atoms with E-state index in [9.17, 15) is 9.18 Å². The zero-order chi connectivity index (χ0) is 12.3. The average molecular weight is 254 g/mol. The average Bonchev–Trinajstić information content (AvgIpc) is 2.39. The van der Waals surface area contributed by atoms with Gasteiger partial charge in [-0.15, -0.1) is 0 Å². The van der Waals surface area contributed by atoms with E-state index in [-0.39, 0.29) is 5.91 Å². The molecule has 5 heteroatoms. The molecule has 1 aliphatic rings. The summed E-state index contributed by atoms with van der Waals surface area (Å²) in [6, 6.07) is 2.72. The third-order valence-electron chi connectivity index (χ3n) is 2.86. The second kappa shape index (κ2) is 5.49. The van der Waals surface area contributed by atoms with Crippen molar-refractivity contribution in [2.45, 2.75) is 18.6 Å². The molecule has 0 N–H and O–H groups in total. The molecule has 0 radical (unpaired) electrons. The molecular weight excluding hydrogens is 239 g/mol. The quantitative estimate of drug-likeness (QED) is 0.758. The van der Waals surface area contributed by atoms with Crippen molar-refractivity contribution >= 4 is 17.7 Å². The van der Waals surface area contributed by atoms with Gasteiger partial charge in [0.05, 0.1) is 5.56 Å². The van der Waals surface area contributed by atoms with Gasteiger partial charge in [0, 0.05) is 30.3 Å². The van der Waals surface area contributed by atoms with Crippen LogP contribution in [0.25, 0.3) is 0 Å². The molecule has 1 aromatic rings. The Labute approximate surface area is 104 Å². The summed E-state index contributed by atoms with van der Waals surface area (Å²) in [5.74, 6) is 0.372. The maximum absolute atomic E-state index is 12.7. The topological polar surface area (TPSA) is 33.2 Å². The van der Waals surface area contributed by atoms with Crippen LogP contribution >= 0.6 is 11.8 Å². The van der Waals surface area contributed by atoms with Gasteiger partial charge in [0.15, 0.2) is 0 Å². The molecule has 0 aliphatic carbocycles. The molecule has 2 heterocycles. The van der Waals surface area contributed by atoms with Gasteiger partial charge in [0.2, 0.25) is 5.95 Å². The molecule has 0 bridgehead atoms. The lowest BCUT2D eigenvalue weighted by Crippen LogP contribution is -2.41. The lowest BCUT2D eigenvalue weighted by Gasteiger charge is -2.31. The second-order valence-corrected chi connectivity index (χ2v) is 5.43. The Hall–Kier alpha value is -1.10. The summed E-state index contributed by atoms with van der Waals surface area (Å²) in [5.41, 5.74) is 0.466. The van der Waals surface area contributed by atoms with E-state index < -0.39 is 5.95 Å². The van der Waals surface area contributed by atoms with Crippen LogP contribution in [0.1, 0.15) is 23.7 Å². The summed E-state index contributed by atoms with van der Waals surface area (Å²) in [4.78, 5) is 17.5. The molecule has 0 aromatic carbocycles. The van der Waals surface area contributed by atoms with Gasteiger partial charge in [-0.05, 0) is 18.6 Å². The number of carbonyl (C=O) groups is 1. The minimum absolute atomic E-state index is 0.0451. The predicted octanol–water partition coefficient (Wildman–Crippen LogP) is 2.19. The van der Waals surface area contributed by atoms with Crippen LogP contribution in [0.2, 0.25) is 0 Å². The van der Waals surface area contributed by atoms with Crippen molar-refractivity contribution in [3.63, 3.8) is 0 Å². The maximum Gasteiger partial charge on any atom is 0.255 e. The molecule has 17 heavy (non-hydrogen) atoms. The normalized spacial score (nSPS) is 20.4. The number of pyridine rings is 1. The molecule has 1 atom stereocenters. The molecule has 3 nitrogen and oxygen atoms in total. The summed E-state index contributed by atoms with van der Waals surface area (Å²) >= 11 is 1.91. The zero-order valence-electron chi connectivity index (χ0n) is 9.73. The fourth-order valence-corrected chi connectivity index (χ4v) is 3.02. The molecule has 92 valence electrons. The van der Waals surface area contributed by atoms with E-state index in [0.29, 0.717) is 10.8 Å². The standard InChI is InChI=1S/C12H15FN2OS/c1-2-10-8-15(5-6-17-10)12(16)9-3-4-11(13)14-7-9/h3-4,7,10H,2,5-6,8H2,1H3. The first-order valence-corrected chi connectivity index (χ1v) is 6.78. The van der Waals surface area contributed by atoms with E-state index in [2.05, 4.69) is 11.9 Å². The summed E-state index contributed by atoms with van der Waals surface area (Å²) in [7, 11) is 0. The van der Waals surface area contributed by atoms with E-state index in [0.717, 1.165) is 25.3 Å². The Balaban J connectivity index is 2.06. The fourth-order valence-electron chi connectivity index (χ4n) is 1.84. The first-order chi connectivity index (χ1) is 8.20. The van der Waals surface area contributed by atoms with Crippen molar-refractivity contribution in [3.05, 3.63) is 29.8 Å². The van der Waals surface area contributed by atoms with E-state index in [4.69, 9.17) is 0 Å². The third-order valence-corrected chi connectivity index (χ3v) is 4.23. The van der Waals surface area contributed by atoms with Crippen LogP contribution in [0.15, 0.2) is 18.3 Å². The Kier molecular flexibility index (Phi) is 3.99. The Bertz CT molecular complexity index is 396. The number of hydrogen-bond donors (Lipinski definition) is 0. The Morgan fingerprint density at radius 2 is 2.47 bits per heavy atom. The number of thioether (sulfide) groups is 1. The Morgan fingerprint density at radius 1 is 1.65 bits per heavy atom. The number of rotatable bonds is 2. The van der Waals surface area contributed by atoms with Crippen LogP contribution in [-0.2, 0) is 0 Å². The molecule has 0 saturated carbocycles. The number of halogens is 1. The van der Waals surface area contributed by atoms with Crippen LogP contribution in [-0.4, -0.2) is 39.9 Å². The van der Waals surface area contributed by atoms with Gasteiger partial charge in [0.1, 0.15) is 0 Å².